The van der Waals surface area contributed by atoms with Crippen molar-refractivity contribution in [1.29, 1.82) is 10.5 Å². The lowest BCUT2D eigenvalue weighted by molar-refractivity contribution is 1.10. The zero-order chi connectivity index (χ0) is 12.5. The van der Waals surface area contributed by atoms with Gasteiger partial charge in [0.25, 0.3) is 0 Å². The summed E-state index contributed by atoms with van der Waals surface area (Å²) in [5.74, 6) is 1.10. The molecule has 0 bridgehead atoms. The van der Waals surface area contributed by atoms with Gasteiger partial charge in [0, 0.05) is 4.90 Å². The van der Waals surface area contributed by atoms with Crippen LogP contribution in [0.4, 0.5) is 5.69 Å². The van der Waals surface area contributed by atoms with E-state index in [1.165, 1.54) is 4.90 Å². The highest BCUT2D eigenvalue weighted by Crippen LogP contribution is 2.20. The van der Waals surface area contributed by atoms with Crippen LogP contribution in [-0.2, 0) is 0 Å². The van der Waals surface area contributed by atoms with Gasteiger partial charge in [0.2, 0.25) is 5.71 Å². The Morgan fingerprint density at radius 3 is 2.47 bits per heavy atom. The van der Waals surface area contributed by atoms with Gasteiger partial charge in [0.1, 0.15) is 12.1 Å². The molecule has 0 unspecified atom stereocenters. The Hall–Kier alpha value is -1.98. The van der Waals surface area contributed by atoms with E-state index in [1.807, 2.05) is 24.3 Å². The number of hydrogen-bond acceptors (Lipinski definition) is 5. The van der Waals surface area contributed by atoms with E-state index in [0.717, 1.165) is 17.9 Å². The number of rotatable bonds is 5. The Morgan fingerprint density at radius 1 is 1.29 bits per heavy atom. The number of hydrogen-bond donors (Lipinski definition) is 1. The van der Waals surface area contributed by atoms with Crippen LogP contribution in [0.1, 0.15) is 13.3 Å². The van der Waals surface area contributed by atoms with Gasteiger partial charge in [-0.25, -0.2) is 0 Å². The second-order valence-electron chi connectivity index (χ2n) is 3.17. The fourth-order valence-corrected chi connectivity index (χ4v) is 1.81. The lowest BCUT2D eigenvalue weighted by atomic mass is 10.3. The summed E-state index contributed by atoms with van der Waals surface area (Å²) < 4.78 is 0. The number of anilines is 1. The molecule has 1 aromatic carbocycles. The lowest BCUT2D eigenvalue weighted by Gasteiger charge is -2.02. The molecule has 4 nitrogen and oxygen atoms in total. The maximum atomic E-state index is 8.50. The molecule has 1 rings (SSSR count). The number of nitrogens with zero attached hydrogens (tertiary/aromatic N) is 3. The molecule has 17 heavy (non-hydrogen) atoms. The van der Waals surface area contributed by atoms with Crippen molar-refractivity contribution in [3.63, 3.8) is 0 Å². The normalized spacial score (nSPS) is 8.88. The Labute approximate surface area is 105 Å². The summed E-state index contributed by atoms with van der Waals surface area (Å²) in [5, 5.41) is 20.7. The molecule has 5 heteroatoms. The smallest absolute Gasteiger partial charge is 0.237 e. The average molecular weight is 244 g/mol. The van der Waals surface area contributed by atoms with Crippen LogP contribution in [0.25, 0.3) is 0 Å². The third kappa shape index (κ3) is 4.58. The van der Waals surface area contributed by atoms with Crippen LogP contribution >= 0.6 is 11.8 Å². The minimum Gasteiger partial charge on any atom is -0.277 e. The fourth-order valence-electron chi connectivity index (χ4n) is 1.04. The summed E-state index contributed by atoms with van der Waals surface area (Å²) in [6.45, 7) is 2.14. The Kier molecular flexibility index (Phi) is 5.63. The first-order valence-corrected chi connectivity index (χ1v) is 6.15. The van der Waals surface area contributed by atoms with Crippen molar-refractivity contribution in [2.24, 2.45) is 5.10 Å². The summed E-state index contributed by atoms with van der Waals surface area (Å²) >= 11 is 1.79. The minimum atomic E-state index is -0.186. The number of nitriles is 2. The molecule has 0 saturated carbocycles. The molecule has 0 aliphatic heterocycles. The number of thioether (sulfide) groups is 1. The van der Waals surface area contributed by atoms with Crippen LogP contribution < -0.4 is 5.43 Å². The van der Waals surface area contributed by atoms with Crippen molar-refractivity contribution in [2.75, 3.05) is 11.2 Å². The van der Waals surface area contributed by atoms with Gasteiger partial charge in [-0.1, -0.05) is 6.92 Å². The van der Waals surface area contributed by atoms with E-state index in [9.17, 15) is 0 Å². The highest BCUT2D eigenvalue weighted by molar-refractivity contribution is 7.99. The number of nitrogens with one attached hydrogen (secondary N) is 1. The van der Waals surface area contributed by atoms with Crippen LogP contribution in [0, 0.1) is 22.7 Å². The summed E-state index contributed by atoms with van der Waals surface area (Å²) in [6, 6.07) is 11.1. The molecule has 0 atom stereocenters. The van der Waals surface area contributed by atoms with Gasteiger partial charge in [-0.2, -0.15) is 15.6 Å². The SMILES string of the molecule is CCCSc1ccc(NN=C(C#N)C#N)cc1. The topological polar surface area (TPSA) is 72.0 Å². The monoisotopic (exact) mass is 244 g/mol. The Morgan fingerprint density at radius 2 is 1.94 bits per heavy atom. The summed E-state index contributed by atoms with van der Waals surface area (Å²) in [4.78, 5) is 1.20. The highest BCUT2D eigenvalue weighted by Gasteiger charge is 1.96. The average Bonchev–Trinajstić information content (AvgIpc) is 2.39. The molecule has 0 aromatic heterocycles. The number of benzene rings is 1. The minimum absolute atomic E-state index is 0.186. The van der Waals surface area contributed by atoms with Gasteiger partial charge < -0.3 is 0 Å². The van der Waals surface area contributed by atoms with E-state index in [0.29, 0.717) is 0 Å². The van der Waals surface area contributed by atoms with E-state index >= 15 is 0 Å². The molecule has 0 radical (unpaired) electrons. The molecule has 0 amide bonds. The molecule has 86 valence electrons. The van der Waals surface area contributed by atoms with Gasteiger partial charge in [-0.15, -0.1) is 11.8 Å². The van der Waals surface area contributed by atoms with Crippen molar-refractivity contribution in [3.05, 3.63) is 24.3 Å². The molecular weight excluding hydrogens is 232 g/mol. The quantitative estimate of drug-likeness (QED) is 0.491. The first-order chi connectivity index (χ1) is 8.30. The van der Waals surface area contributed by atoms with Crippen molar-refractivity contribution in [3.8, 4) is 12.1 Å². The molecule has 0 spiro atoms. The molecule has 1 N–H and O–H groups in total. The maximum absolute atomic E-state index is 8.50. The van der Waals surface area contributed by atoms with E-state index in [1.54, 1.807) is 23.9 Å². The first kappa shape index (κ1) is 13.1. The second-order valence-corrected chi connectivity index (χ2v) is 4.34. The van der Waals surface area contributed by atoms with E-state index in [2.05, 4.69) is 17.5 Å². The van der Waals surface area contributed by atoms with Gasteiger partial charge in [-0.05, 0) is 36.4 Å². The predicted octanol–water partition coefficient (Wildman–Crippen LogP) is 3.00. The molecule has 0 aliphatic carbocycles. The van der Waals surface area contributed by atoms with Crippen LogP contribution in [0.3, 0.4) is 0 Å². The summed E-state index contributed by atoms with van der Waals surface area (Å²) in [6.07, 6.45) is 1.14. The summed E-state index contributed by atoms with van der Waals surface area (Å²) in [7, 11) is 0. The number of hydrazone groups is 1. The van der Waals surface area contributed by atoms with Gasteiger partial charge in [0.15, 0.2) is 0 Å². The zero-order valence-electron chi connectivity index (χ0n) is 9.47. The molecule has 1 aromatic rings. The Balaban J connectivity index is 2.61. The predicted molar refractivity (Wildman–Crippen MR) is 69.7 cm³/mol. The molecule has 0 aliphatic rings. The highest BCUT2D eigenvalue weighted by atomic mass is 32.2. The lowest BCUT2D eigenvalue weighted by Crippen LogP contribution is -1.95. The van der Waals surface area contributed by atoms with Crippen LogP contribution in [-0.4, -0.2) is 11.5 Å². The third-order valence-corrected chi connectivity index (χ3v) is 3.05. The van der Waals surface area contributed by atoms with Gasteiger partial charge >= 0.3 is 0 Å². The van der Waals surface area contributed by atoms with Gasteiger partial charge in [-0.3, -0.25) is 5.43 Å². The zero-order valence-corrected chi connectivity index (χ0v) is 10.3. The van der Waals surface area contributed by atoms with E-state index in [-0.39, 0.29) is 5.71 Å². The molecule has 0 saturated heterocycles. The van der Waals surface area contributed by atoms with Crippen molar-refractivity contribution >= 4 is 23.2 Å². The molecule has 0 heterocycles. The molecular formula is C12H12N4S. The Bertz CT molecular complexity index is 449. The second kappa shape index (κ2) is 7.32. The molecule has 0 fully saturated rings. The fraction of sp³-hybridized carbons (Fsp3) is 0.250. The van der Waals surface area contributed by atoms with Crippen LogP contribution in [0.2, 0.25) is 0 Å². The maximum Gasteiger partial charge on any atom is 0.237 e. The largest absolute Gasteiger partial charge is 0.277 e. The van der Waals surface area contributed by atoms with Crippen molar-refractivity contribution in [2.45, 2.75) is 18.2 Å². The first-order valence-electron chi connectivity index (χ1n) is 5.17. The van der Waals surface area contributed by atoms with Gasteiger partial charge in [0.05, 0.1) is 5.69 Å². The van der Waals surface area contributed by atoms with Crippen molar-refractivity contribution < 1.29 is 0 Å². The van der Waals surface area contributed by atoms with E-state index in [4.69, 9.17) is 10.5 Å². The van der Waals surface area contributed by atoms with Crippen LogP contribution in [0.15, 0.2) is 34.3 Å². The summed E-state index contributed by atoms with van der Waals surface area (Å²) in [5.41, 5.74) is 3.24. The standard InChI is InChI=1S/C12H12N4S/c1-2-7-17-12-5-3-10(4-6-12)15-16-11(8-13)9-14/h3-6,15H,2,7H2,1H3. The van der Waals surface area contributed by atoms with E-state index < -0.39 is 0 Å². The van der Waals surface area contributed by atoms with Crippen molar-refractivity contribution in [1.82, 2.24) is 0 Å². The third-order valence-electron chi connectivity index (χ3n) is 1.84. The van der Waals surface area contributed by atoms with Crippen LogP contribution in [0.5, 0.6) is 0 Å².